The number of aliphatic imine (C=N–C) groups is 1. The maximum atomic E-state index is 11.7. The van der Waals surface area contributed by atoms with E-state index in [1.165, 1.54) is 12.8 Å². The number of hydrogen-bond donors (Lipinski definition) is 3. The van der Waals surface area contributed by atoms with Crippen LogP contribution >= 0.6 is 24.0 Å². The minimum atomic E-state index is -0.0233. The molecule has 0 aromatic heterocycles. The molecular weight excluding hydrogens is 455 g/mol. The number of carbonyl (C=O) groups is 1. The molecule has 1 aromatic rings. The maximum absolute atomic E-state index is 11.7. The molecule has 0 saturated heterocycles. The van der Waals surface area contributed by atoms with Gasteiger partial charge in [-0.3, -0.25) is 9.79 Å². The van der Waals surface area contributed by atoms with Crippen LogP contribution in [0, 0.1) is 11.8 Å². The zero-order valence-electron chi connectivity index (χ0n) is 16.6. The molecule has 0 heterocycles. The van der Waals surface area contributed by atoms with Crippen LogP contribution in [0.25, 0.3) is 0 Å². The molecule has 0 radical (unpaired) electrons. The second-order valence-electron chi connectivity index (χ2n) is 7.07. The van der Waals surface area contributed by atoms with Crippen molar-refractivity contribution in [3.63, 3.8) is 0 Å². The van der Waals surface area contributed by atoms with E-state index >= 15 is 0 Å². The maximum Gasteiger partial charge on any atom is 0.226 e. The van der Waals surface area contributed by atoms with E-state index in [4.69, 9.17) is 4.74 Å². The van der Waals surface area contributed by atoms with Crippen molar-refractivity contribution < 1.29 is 9.53 Å². The van der Waals surface area contributed by atoms with E-state index in [0.717, 1.165) is 49.3 Å². The quantitative estimate of drug-likeness (QED) is 0.204. The van der Waals surface area contributed by atoms with E-state index in [0.29, 0.717) is 6.54 Å². The first-order chi connectivity index (χ1) is 12.6. The van der Waals surface area contributed by atoms with Crippen molar-refractivity contribution in [1.82, 2.24) is 10.6 Å². The van der Waals surface area contributed by atoms with E-state index < -0.39 is 0 Å². The van der Waals surface area contributed by atoms with Gasteiger partial charge in [-0.15, -0.1) is 24.0 Å². The fourth-order valence-electron chi connectivity index (χ4n) is 2.31. The first-order valence-electron chi connectivity index (χ1n) is 9.50. The molecule has 1 saturated carbocycles. The summed E-state index contributed by atoms with van der Waals surface area (Å²) in [5.41, 5.74) is 1.95. The smallest absolute Gasteiger partial charge is 0.226 e. The normalized spacial score (nSPS) is 13.9. The van der Waals surface area contributed by atoms with Gasteiger partial charge in [-0.1, -0.05) is 26.0 Å². The molecule has 3 N–H and O–H groups in total. The summed E-state index contributed by atoms with van der Waals surface area (Å²) in [5, 5.41) is 9.48. The van der Waals surface area contributed by atoms with Gasteiger partial charge < -0.3 is 20.7 Å². The molecule has 0 unspecified atom stereocenters. The van der Waals surface area contributed by atoms with Crippen LogP contribution in [0.4, 0.5) is 5.69 Å². The Morgan fingerprint density at radius 1 is 1.22 bits per heavy atom. The first-order valence-corrected chi connectivity index (χ1v) is 9.50. The molecule has 2 rings (SSSR count). The zero-order chi connectivity index (χ0) is 18.8. The van der Waals surface area contributed by atoms with E-state index in [1.54, 1.807) is 7.05 Å². The van der Waals surface area contributed by atoms with Crippen molar-refractivity contribution in [3.8, 4) is 0 Å². The summed E-state index contributed by atoms with van der Waals surface area (Å²) in [6.07, 6.45) is 3.64. The van der Waals surface area contributed by atoms with Crippen molar-refractivity contribution in [3.05, 3.63) is 29.8 Å². The lowest BCUT2D eigenvalue weighted by atomic mass is 10.1. The summed E-state index contributed by atoms with van der Waals surface area (Å²) >= 11 is 0. The standard InChI is InChI=1S/C20H32N4O2.HI/c1-15(2)19(25)24-18-9-7-16(8-10-18)13-23-20(21-3)22-11-4-12-26-14-17-5-6-17;/h7-10,15,17H,4-6,11-14H2,1-3H3,(H,24,25)(H2,21,22,23);1H. The Balaban J connectivity index is 0.00000364. The predicted octanol–water partition coefficient (Wildman–Crippen LogP) is 3.38. The highest BCUT2D eigenvalue weighted by atomic mass is 127. The Morgan fingerprint density at radius 3 is 2.52 bits per heavy atom. The zero-order valence-corrected chi connectivity index (χ0v) is 18.9. The highest BCUT2D eigenvalue weighted by molar-refractivity contribution is 14.0. The van der Waals surface area contributed by atoms with Crippen LogP contribution in [0.15, 0.2) is 29.3 Å². The summed E-state index contributed by atoms with van der Waals surface area (Å²) in [5.74, 6) is 1.61. The third-order valence-electron chi connectivity index (χ3n) is 4.24. The van der Waals surface area contributed by atoms with Gasteiger partial charge in [0.05, 0.1) is 0 Å². The van der Waals surface area contributed by atoms with Crippen LogP contribution in [0.3, 0.4) is 0 Å². The van der Waals surface area contributed by atoms with E-state index in [-0.39, 0.29) is 35.8 Å². The van der Waals surface area contributed by atoms with Crippen LogP contribution in [-0.2, 0) is 16.1 Å². The fraction of sp³-hybridized carbons (Fsp3) is 0.600. The Morgan fingerprint density at radius 2 is 1.93 bits per heavy atom. The van der Waals surface area contributed by atoms with Gasteiger partial charge in [-0.25, -0.2) is 0 Å². The number of anilines is 1. The second-order valence-corrected chi connectivity index (χ2v) is 7.07. The average molecular weight is 488 g/mol. The van der Waals surface area contributed by atoms with Gasteiger partial charge in [0.15, 0.2) is 5.96 Å². The van der Waals surface area contributed by atoms with Crippen molar-refractivity contribution in [2.24, 2.45) is 16.8 Å². The summed E-state index contributed by atoms with van der Waals surface area (Å²) in [7, 11) is 1.77. The average Bonchev–Trinajstić information content (AvgIpc) is 3.46. The number of amides is 1. The van der Waals surface area contributed by atoms with E-state index in [2.05, 4.69) is 20.9 Å². The molecule has 1 aliphatic carbocycles. The highest BCUT2D eigenvalue weighted by Gasteiger charge is 2.20. The molecule has 1 aliphatic rings. The number of halogens is 1. The Labute approximate surface area is 179 Å². The van der Waals surface area contributed by atoms with E-state index in [9.17, 15) is 4.79 Å². The monoisotopic (exact) mass is 488 g/mol. The molecule has 1 amide bonds. The lowest BCUT2D eigenvalue weighted by Crippen LogP contribution is -2.37. The Hall–Kier alpha value is -1.35. The number of nitrogens with zero attached hydrogens (tertiary/aromatic N) is 1. The molecule has 1 fully saturated rings. The third-order valence-corrected chi connectivity index (χ3v) is 4.24. The fourth-order valence-corrected chi connectivity index (χ4v) is 2.31. The van der Waals surface area contributed by atoms with Gasteiger partial charge in [0, 0.05) is 45.0 Å². The first kappa shape index (κ1) is 23.7. The summed E-state index contributed by atoms with van der Waals surface area (Å²) in [6.45, 7) is 6.99. The van der Waals surface area contributed by atoms with Crippen LogP contribution in [0.2, 0.25) is 0 Å². The minimum absolute atomic E-state index is 0. The van der Waals surface area contributed by atoms with Gasteiger partial charge in [-0.05, 0) is 42.9 Å². The number of benzene rings is 1. The van der Waals surface area contributed by atoms with Crippen molar-refractivity contribution in [2.75, 3.05) is 32.1 Å². The molecule has 0 spiro atoms. The topological polar surface area (TPSA) is 74.8 Å². The van der Waals surface area contributed by atoms with Gasteiger partial charge in [0.25, 0.3) is 0 Å². The molecule has 7 heteroatoms. The summed E-state index contributed by atoms with van der Waals surface area (Å²) < 4.78 is 5.63. The van der Waals surface area contributed by atoms with E-state index in [1.807, 2.05) is 38.1 Å². The molecule has 152 valence electrons. The number of rotatable bonds is 10. The molecule has 0 atom stereocenters. The Kier molecular flexibility index (Phi) is 11.3. The van der Waals surface area contributed by atoms with Gasteiger partial charge in [0.1, 0.15) is 0 Å². The van der Waals surface area contributed by atoms with Crippen LogP contribution in [-0.4, -0.2) is 38.7 Å². The van der Waals surface area contributed by atoms with Crippen LogP contribution in [0.1, 0.15) is 38.7 Å². The summed E-state index contributed by atoms with van der Waals surface area (Å²) in [6, 6.07) is 7.85. The number of guanidine groups is 1. The number of carbonyl (C=O) groups excluding carboxylic acids is 1. The number of hydrogen-bond acceptors (Lipinski definition) is 3. The third kappa shape index (κ3) is 9.95. The molecular formula is C20H33IN4O2. The van der Waals surface area contributed by atoms with Crippen molar-refractivity contribution in [1.29, 1.82) is 0 Å². The lowest BCUT2D eigenvalue weighted by Gasteiger charge is -2.13. The van der Waals surface area contributed by atoms with Gasteiger partial charge in [-0.2, -0.15) is 0 Å². The van der Waals surface area contributed by atoms with Crippen LogP contribution < -0.4 is 16.0 Å². The number of nitrogens with one attached hydrogen (secondary N) is 3. The SMILES string of the molecule is CN=C(NCCCOCC1CC1)NCc1ccc(NC(=O)C(C)C)cc1.I. The molecule has 0 aliphatic heterocycles. The van der Waals surface area contributed by atoms with Crippen molar-refractivity contribution >= 4 is 41.5 Å². The van der Waals surface area contributed by atoms with Gasteiger partial charge in [0.2, 0.25) is 5.91 Å². The predicted molar refractivity (Wildman–Crippen MR) is 122 cm³/mol. The molecule has 0 bridgehead atoms. The number of ether oxygens (including phenoxy) is 1. The molecule has 6 nitrogen and oxygen atoms in total. The molecule has 27 heavy (non-hydrogen) atoms. The van der Waals surface area contributed by atoms with Crippen molar-refractivity contribution in [2.45, 2.75) is 39.7 Å². The summed E-state index contributed by atoms with van der Waals surface area (Å²) in [4.78, 5) is 15.9. The Bertz CT molecular complexity index is 586. The minimum Gasteiger partial charge on any atom is -0.381 e. The molecule has 1 aromatic carbocycles. The highest BCUT2D eigenvalue weighted by Crippen LogP contribution is 2.28. The lowest BCUT2D eigenvalue weighted by molar-refractivity contribution is -0.118. The van der Waals surface area contributed by atoms with Gasteiger partial charge >= 0.3 is 0 Å². The largest absolute Gasteiger partial charge is 0.381 e. The van der Waals surface area contributed by atoms with Crippen LogP contribution in [0.5, 0.6) is 0 Å². The second kappa shape index (κ2) is 12.9.